The summed E-state index contributed by atoms with van der Waals surface area (Å²) < 4.78 is 23.2. The molecule has 1 aromatic heterocycles. The van der Waals surface area contributed by atoms with Crippen molar-refractivity contribution in [1.29, 1.82) is 0 Å². The van der Waals surface area contributed by atoms with Crippen LogP contribution in [0.25, 0.3) is 17.0 Å². The number of carbonyl (C=O) groups excluding carboxylic acids is 1. The number of para-hydroxylation sites is 1. The Morgan fingerprint density at radius 3 is 2.58 bits per heavy atom. The van der Waals surface area contributed by atoms with E-state index < -0.39 is 11.0 Å². The summed E-state index contributed by atoms with van der Waals surface area (Å²) in [5.41, 5.74) is 1.61. The van der Waals surface area contributed by atoms with E-state index in [-0.39, 0.29) is 35.6 Å². The molecular weight excluding hydrogens is 553 g/mol. The maximum atomic E-state index is 13.4. The number of esters is 1. The predicted molar refractivity (Wildman–Crippen MR) is 142 cm³/mol. The number of likely N-dealkylation sites (tertiary alicyclic amines) is 1. The zero-order valence-corrected chi connectivity index (χ0v) is 23.7. The summed E-state index contributed by atoms with van der Waals surface area (Å²) in [7, 11) is 1.42. The molecule has 1 N–H and O–H groups in total. The number of nitrogens with one attached hydrogen (secondary N) is 1. The van der Waals surface area contributed by atoms with Crippen LogP contribution in [0.2, 0.25) is 0 Å². The molecule has 6 rings (SSSR count). The minimum Gasteiger partial charge on any atom is -1.00 e. The molecular formula is C28H34Cl3NO6. The highest BCUT2D eigenvalue weighted by molar-refractivity contribution is 6.40. The van der Waals surface area contributed by atoms with Crippen LogP contribution in [-0.4, -0.2) is 64.0 Å². The fraction of sp³-hybridized carbons (Fsp3) is 0.571. The number of methoxy groups -OCH3 is 1. The van der Waals surface area contributed by atoms with Gasteiger partial charge in [0.05, 0.1) is 57.0 Å². The topological polar surface area (TPSA) is 79.4 Å². The Bertz CT molecular complexity index is 1230. The Kier molecular flexibility index (Phi) is 9.82. The molecule has 0 amide bonds. The SMILES string of the molecule is COC(=O)C1=Cc2c(c3ccccc3oc2=O)[C@@H]2COCC[C@]12[C@@H]1COCC[C@H]1[NH+]1CCCC1.ClCCl.[Cl-]. The number of alkyl halides is 2. The second-order valence-electron chi connectivity index (χ2n) is 10.2. The lowest BCUT2D eigenvalue weighted by molar-refractivity contribution is -0.920. The molecule has 3 fully saturated rings. The Morgan fingerprint density at radius 1 is 1.13 bits per heavy atom. The summed E-state index contributed by atoms with van der Waals surface area (Å²) in [5.74, 6) is -0.390. The van der Waals surface area contributed by atoms with Gasteiger partial charge in [-0.2, -0.15) is 0 Å². The van der Waals surface area contributed by atoms with Gasteiger partial charge >= 0.3 is 11.6 Å². The smallest absolute Gasteiger partial charge is 0.343 e. The van der Waals surface area contributed by atoms with Gasteiger partial charge in [0.15, 0.2) is 0 Å². The second-order valence-corrected chi connectivity index (χ2v) is 11.0. The third-order valence-electron chi connectivity index (χ3n) is 8.79. The van der Waals surface area contributed by atoms with Crippen LogP contribution in [0.1, 0.15) is 42.7 Å². The Hall–Kier alpha value is -1.61. The summed E-state index contributed by atoms with van der Waals surface area (Å²) in [5, 5.41) is 1.11. The highest BCUT2D eigenvalue weighted by Gasteiger charge is 2.60. The van der Waals surface area contributed by atoms with Gasteiger partial charge in [-0.15, -0.1) is 23.2 Å². The van der Waals surface area contributed by atoms with E-state index in [2.05, 4.69) is 0 Å². The van der Waals surface area contributed by atoms with Crippen LogP contribution in [0.15, 0.2) is 39.1 Å². The summed E-state index contributed by atoms with van der Waals surface area (Å²) in [4.78, 5) is 28.1. The Labute approximate surface area is 238 Å². The van der Waals surface area contributed by atoms with E-state index in [1.54, 1.807) is 11.0 Å². The molecule has 3 aliphatic heterocycles. The third-order valence-corrected chi connectivity index (χ3v) is 8.79. The van der Waals surface area contributed by atoms with Crippen molar-refractivity contribution in [3.63, 3.8) is 0 Å². The molecule has 10 heteroatoms. The highest BCUT2D eigenvalue weighted by Crippen LogP contribution is 2.58. The first-order chi connectivity index (χ1) is 18.1. The molecule has 208 valence electrons. The predicted octanol–water partition coefficient (Wildman–Crippen LogP) is 0.363. The average molecular weight is 587 g/mol. The summed E-state index contributed by atoms with van der Waals surface area (Å²) in [6, 6.07) is 8.09. The maximum Gasteiger partial charge on any atom is 0.343 e. The first-order valence-electron chi connectivity index (χ1n) is 13.0. The largest absolute Gasteiger partial charge is 1.00 e. The van der Waals surface area contributed by atoms with E-state index in [1.807, 2.05) is 24.3 Å². The monoisotopic (exact) mass is 585 g/mol. The first kappa shape index (κ1) is 29.4. The van der Waals surface area contributed by atoms with Crippen LogP contribution in [0.5, 0.6) is 0 Å². The van der Waals surface area contributed by atoms with Gasteiger partial charge in [0.2, 0.25) is 0 Å². The van der Waals surface area contributed by atoms with Gasteiger partial charge in [0.1, 0.15) is 5.58 Å². The molecule has 38 heavy (non-hydrogen) atoms. The molecule has 1 aliphatic carbocycles. The molecule has 0 saturated carbocycles. The van der Waals surface area contributed by atoms with Crippen LogP contribution in [0, 0.1) is 11.3 Å². The number of ether oxygens (including phenoxy) is 3. The molecule has 4 aliphatic rings. The number of hydrogen-bond acceptors (Lipinski definition) is 6. The average Bonchev–Trinajstić information content (AvgIpc) is 3.47. The second kappa shape index (κ2) is 12.7. The van der Waals surface area contributed by atoms with Crippen molar-refractivity contribution in [2.75, 3.05) is 52.0 Å². The Morgan fingerprint density at radius 2 is 1.84 bits per heavy atom. The molecule has 4 atom stereocenters. The van der Waals surface area contributed by atoms with Crippen molar-refractivity contribution >= 4 is 46.2 Å². The van der Waals surface area contributed by atoms with Gasteiger partial charge in [-0.3, -0.25) is 0 Å². The van der Waals surface area contributed by atoms with Crippen molar-refractivity contribution in [2.45, 2.75) is 37.6 Å². The van der Waals surface area contributed by atoms with Crippen LogP contribution >= 0.6 is 23.2 Å². The van der Waals surface area contributed by atoms with Crippen molar-refractivity contribution in [3.8, 4) is 0 Å². The minimum atomic E-state index is -0.518. The van der Waals surface area contributed by atoms with Gasteiger partial charge in [-0.25, -0.2) is 9.59 Å². The molecule has 2 aromatic rings. The fourth-order valence-electron chi connectivity index (χ4n) is 7.34. The number of fused-ring (bicyclic) bond motifs is 5. The van der Waals surface area contributed by atoms with E-state index in [0.29, 0.717) is 49.0 Å². The fourth-order valence-corrected chi connectivity index (χ4v) is 7.34. The number of hydrogen-bond donors (Lipinski definition) is 1. The zero-order chi connectivity index (χ0) is 26.0. The number of carbonyl (C=O) groups is 1. The lowest BCUT2D eigenvalue weighted by Gasteiger charge is -2.54. The molecule has 0 radical (unpaired) electrons. The maximum absolute atomic E-state index is 13.4. The number of quaternary nitrogens is 1. The highest BCUT2D eigenvalue weighted by atomic mass is 35.5. The van der Waals surface area contributed by atoms with Crippen molar-refractivity contribution in [3.05, 3.63) is 51.4 Å². The molecule has 0 spiro atoms. The summed E-state index contributed by atoms with van der Waals surface area (Å²) >= 11 is 9.53. The van der Waals surface area contributed by atoms with Gasteiger partial charge < -0.3 is 35.9 Å². The number of halogens is 3. The van der Waals surface area contributed by atoms with Gasteiger partial charge in [-0.05, 0) is 24.1 Å². The van der Waals surface area contributed by atoms with Crippen molar-refractivity contribution < 1.29 is 40.7 Å². The van der Waals surface area contributed by atoms with E-state index in [4.69, 9.17) is 41.8 Å². The van der Waals surface area contributed by atoms with Gasteiger partial charge in [-0.1, -0.05) is 18.2 Å². The zero-order valence-electron chi connectivity index (χ0n) is 21.5. The molecule has 0 unspecified atom stereocenters. The molecule has 4 heterocycles. The van der Waals surface area contributed by atoms with Crippen molar-refractivity contribution in [1.82, 2.24) is 0 Å². The van der Waals surface area contributed by atoms with Crippen LogP contribution < -0.4 is 22.9 Å². The number of benzene rings is 1. The lowest BCUT2D eigenvalue weighted by atomic mass is 9.53. The minimum absolute atomic E-state index is 0. The van der Waals surface area contributed by atoms with Crippen LogP contribution in [-0.2, 0) is 19.0 Å². The van der Waals surface area contributed by atoms with E-state index in [0.717, 1.165) is 24.0 Å². The standard InChI is InChI=1S/C27H31NO6.CH2Cl2.ClH/c1-31-26(30)19-14-18-24(17-6-2-3-7-23(17)34-25(18)29)21-16-33-13-9-27(19,21)20-15-32-12-8-22(20)28-10-4-5-11-28;2-1-3;/h2-3,6-7,14,20-22H,4-5,8-13,15-16H2,1H3;1H2;1H/t20-,21+,22-,27-;;/m1../s1. The quantitative estimate of drug-likeness (QED) is 0.318. The third kappa shape index (κ3) is 5.02. The Balaban J connectivity index is 0.000000804. The van der Waals surface area contributed by atoms with E-state index >= 15 is 0 Å². The van der Waals surface area contributed by atoms with E-state index in [1.165, 1.54) is 33.0 Å². The van der Waals surface area contributed by atoms with Gasteiger partial charge in [0, 0.05) is 54.1 Å². The van der Waals surface area contributed by atoms with Crippen molar-refractivity contribution in [2.24, 2.45) is 11.3 Å². The first-order valence-corrected chi connectivity index (χ1v) is 14.1. The molecule has 0 bridgehead atoms. The van der Waals surface area contributed by atoms with Gasteiger partial charge in [0.25, 0.3) is 0 Å². The van der Waals surface area contributed by atoms with E-state index in [9.17, 15) is 9.59 Å². The van der Waals surface area contributed by atoms with Crippen LogP contribution in [0.3, 0.4) is 0 Å². The molecule has 7 nitrogen and oxygen atoms in total. The lowest BCUT2D eigenvalue weighted by Crippen LogP contribution is -3.15. The molecule has 1 aromatic carbocycles. The summed E-state index contributed by atoms with van der Waals surface area (Å²) in [6.07, 6.45) is 5.94. The van der Waals surface area contributed by atoms with Crippen LogP contribution in [0.4, 0.5) is 0 Å². The molecule has 3 saturated heterocycles. The normalized spacial score (nSPS) is 28.7. The number of rotatable bonds is 3. The summed E-state index contributed by atoms with van der Waals surface area (Å²) in [6.45, 7) is 4.71.